The van der Waals surface area contributed by atoms with Crippen molar-refractivity contribution in [3.05, 3.63) is 48.5 Å². The topological polar surface area (TPSA) is 59.4 Å². The van der Waals surface area contributed by atoms with Crippen LogP contribution in [0.4, 0.5) is 0 Å². The van der Waals surface area contributed by atoms with E-state index in [9.17, 15) is 4.79 Å². The van der Waals surface area contributed by atoms with E-state index in [-0.39, 0.29) is 5.91 Å². The average Bonchev–Trinajstić information content (AvgIpc) is 3.21. The standard InChI is InChI=1S/C20H28N4O2/c1-2-13-26-19-5-3-17(4-6-19)14-22-20(25)15-23-10-7-18(8-11-23)24-12-9-21-16-24/h3-6,9,12,16,18H,2,7-8,10-11,13-15H2,1H3,(H,22,25). The molecule has 2 aromatic rings. The average molecular weight is 356 g/mol. The molecular formula is C20H28N4O2. The largest absolute Gasteiger partial charge is 0.494 e. The number of hydrogen-bond donors (Lipinski definition) is 1. The van der Waals surface area contributed by atoms with Gasteiger partial charge in [-0.15, -0.1) is 0 Å². The first kappa shape index (κ1) is 18.5. The highest BCUT2D eigenvalue weighted by Crippen LogP contribution is 2.21. The van der Waals surface area contributed by atoms with Gasteiger partial charge in [-0.25, -0.2) is 4.98 Å². The number of nitrogens with one attached hydrogen (secondary N) is 1. The van der Waals surface area contributed by atoms with Crippen LogP contribution in [-0.2, 0) is 11.3 Å². The first-order valence-corrected chi connectivity index (χ1v) is 9.43. The number of benzene rings is 1. The lowest BCUT2D eigenvalue weighted by Gasteiger charge is -2.31. The van der Waals surface area contributed by atoms with Crippen LogP contribution >= 0.6 is 0 Å². The molecule has 0 atom stereocenters. The van der Waals surface area contributed by atoms with Crippen molar-refractivity contribution in [2.24, 2.45) is 0 Å². The van der Waals surface area contributed by atoms with Crippen molar-refractivity contribution in [1.82, 2.24) is 19.8 Å². The molecule has 1 aromatic carbocycles. The molecule has 0 spiro atoms. The van der Waals surface area contributed by atoms with Crippen LogP contribution in [0, 0.1) is 0 Å². The number of aromatic nitrogens is 2. The van der Waals surface area contributed by atoms with Gasteiger partial charge in [-0.2, -0.15) is 0 Å². The number of carbonyl (C=O) groups is 1. The maximum absolute atomic E-state index is 12.2. The van der Waals surface area contributed by atoms with E-state index in [0.29, 0.717) is 19.1 Å². The molecule has 1 aromatic heterocycles. The van der Waals surface area contributed by atoms with Gasteiger partial charge in [-0.05, 0) is 37.0 Å². The van der Waals surface area contributed by atoms with Crippen LogP contribution in [0.2, 0.25) is 0 Å². The molecule has 1 N–H and O–H groups in total. The van der Waals surface area contributed by atoms with E-state index in [4.69, 9.17) is 4.74 Å². The minimum atomic E-state index is 0.0809. The third-order valence-corrected chi connectivity index (χ3v) is 4.76. The number of hydrogen-bond acceptors (Lipinski definition) is 4. The highest BCUT2D eigenvalue weighted by atomic mass is 16.5. The van der Waals surface area contributed by atoms with Crippen LogP contribution in [0.1, 0.15) is 37.8 Å². The molecule has 140 valence electrons. The van der Waals surface area contributed by atoms with Gasteiger partial charge < -0.3 is 14.6 Å². The summed E-state index contributed by atoms with van der Waals surface area (Å²) in [5.74, 6) is 0.958. The summed E-state index contributed by atoms with van der Waals surface area (Å²) < 4.78 is 7.74. The fourth-order valence-corrected chi connectivity index (χ4v) is 3.24. The molecule has 0 radical (unpaired) electrons. The molecule has 1 saturated heterocycles. The van der Waals surface area contributed by atoms with Gasteiger partial charge in [0, 0.05) is 38.1 Å². The Bertz CT molecular complexity index is 662. The van der Waals surface area contributed by atoms with E-state index in [0.717, 1.165) is 50.3 Å². The maximum atomic E-state index is 12.2. The smallest absolute Gasteiger partial charge is 0.234 e. The molecule has 0 aliphatic carbocycles. The van der Waals surface area contributed by atoms with Crippen LogP contribution in [0.3, 0.4) is 0 Å². The summed E-state index contributed by atoms with van der Waals surface area (Å²) in [4.78, 5) is 18.6. The van der Waals surface area contributed by atoms with Gasteiger partial charge in [0.05, 0.1) is 19.5 Å². The predicted molar refractivity (Wildman–Crippen MR) is 101 cm³/mol. The van der Waals surface area contributed by atoms with E-state index >= 15 is 0 Å². The van der Waals surface area contributed by atoms with Crippen LogP contribution < -0.4 is 10.1 Å². The number of rotatable bonds is 8. The van der Waals surface area contributed by atoms with Gasteiger partial charge in [0.2, 0.25) is 5.91 Å². The minimum Gasteiger partial charge on any atom is -0.494 e. The number of likely N-dealkylation sites (tertiary alicyclic amines) is 1. The summed E-state index contributed by atoms with van der Waals surface area (Å²) >= 11 is 0. The van der Waals surface area contributed by atoms with Gasteiger partial charge >= 0.3 is 0 Å². The quantitative estimate of drug-likeness (QED) is 0.790. The van der Waals surface area contributed by atoms with E-state index < -0.39 is 0 Å². The highest BCUT2D eigenvalue weighted by Gasteiger charge is 2.21. The summed E-state index contributed by atoms with van der Waals surface area (Å²) in [5, 5.41) is 3.01. The Hall–Kier alpha value is -2.34. The molecular weight excluding hydrogens is 328 g/mol. The van der Waals surface area contributed by atoms with E-state index in [2.05, 4.69) is 26.7 Å². The zero-order chi connectivity index (χ0) is 18.2. The fourth-order valence-electron chi connectivity index (χ4n) is 3.24. The van der Waals surface area contributed by atoms with Crippen molar-refractivity contribution >= 4 is 5.91 Å². The summed E-state index contributed by atoms with van der Waals surface area (Å²) in [5.41, 5.74) is 1.08. The second kappa shape index (κ2) is 9.38. The van der Waals surface area contributed by atoms with Gasteiger partial charge in [-0.1, -0.05) is 19.1 Å². The second-order valence-corrected chi connectivity index (χ2v) is 6.79. The molecule has 6 heteroatoms. The molecule has 1 aliphatic rings. The number of nitrogens with zero attached hydrogens (tertiary/aromatic N) is 3. The lowest BCUT2D eigenvalue weighted by Crippen LogP contribution is -2.41. The number of ether oxygens (including phenoxy) is 1. The van der Waals surface area contributed by atoms with Gasteiger partial charge in [0.1, 0.15) is 5.75 Å². The van der Waals surface area contributed by atoms with Crippen molar-refractivity contribution in [2.45, 2.75) is 38.8 Å². The van der Waals surface area contributed by atoms with Crippen molar-refractivity contribution in [3.8, 4) is 5.75 Å². The molecule has 1 aliphatic heterocycles. The Balaban J connectivity index is 1.36. The number of piperidine rings is 1. The Kier molecular flexibility index (Phi) is 6.66. The summed E-state index contributed by atoms with van der Waals surface area (Å²) in [6, 6.07) is 8.42. The molecule has 0 unspecified atom stereocenters. The normalized spacial score (nSPS) is 15.7. The maximum Gasteiger partial charge on any atom is 0.234 e. The number of amides is 1. The van der Waals surface area contributed by atoms with Crippen LogP contribution in [0.15, 0.2) is 43.0 Å². The minimum absolute atomic E-state index is 0.0809. The number of carbonyl (C=O) groups excluding carboxylic acids is 1. The van der Waals surface area contributed by atoms with Crippen molar-refractivity contribution in [2.75, 3.05) is 26.2 Å². The zero-order valence-electron chi connectivity index (χ0n) is 15.4. The first-order valence-electron chi connectivity index (χ1n) is 9.43. The third-order valence-electron chi connectivity index (χ3n) is 4.76. The Labute approximate surface area is 155 Å². The van der Waals surface area contributed by atoms with Gasteiger partial charge in [-0.3, -0.25) is 9.69 Å². The highest BCUT2D eigenvalue weighted by molar-refractivity contribution is 5.78. The van der Waals surface area contributed by atoms with E-state index in [1.165, 1.54) is 0 Å². The number of imidazole rings is 1. The molecule has 6 nitrogen and oxygen atoms in total. The van der Waals surface area contributed by atoms with E-state index in [1.54, 1.807) is 0 Å². The summed E-state index contributed by atoms with van der Waals surface area (Å²) in [6.07, 6.45) is 8.84. The second-order valence-electron chi connectivity index (χ2n) is 6.79. The summed E-state index contributed by atoms with van der Waals surface area (Å²) in [6.45, 7) is 5.73. The van der Waals surface area contributed by atoms with Crippen LogP contribution in [0.25, 0.3) is 0 Å². The predicted octanol–water partition coefficient (Wildman–Crippen LogP) is 2.63. The molecule has 2 heterocycles. The van der Waals surface area contributed by atoms with Crippen molar-refractivity contribution < 1.29 is 9.53 Å². The van der Waals surface area contributed by atoms with Crippen molar-refractivity contribution in [1.29, 1.82) is 0 Å². The van der Waals surface area contributed by atoms with Crippen LogP contribution in [-0.4, -0.2) is 46.6 Å². The Morgan fingerprint density at radius 2 is 2.04 bits per heavy atom. The van der Waals surface area contributed by atoms with E-state index in [1.807, 2.05) is 43.0 Å². The van der Waals surface area contributed by atoms with Gasteiger partial charge in [0.15, 0.2) is 0 Å². The molecule has 26 heavy (non-hydrogen) atoms. The van der Waals surface area contributed by atoms with Crippen molar-refractivity contribution in [3.63, 3.8) is 0 Å². The monoisotopic (exact) mass is 356 g/mol. The third kappa shape index (κ3) is 5.33. The SMILES string of the molecule is CCCOc1ccc(CNC(=O)CN2CCC(n3ccnc3)CC2)cc1. The molecule has 1 amide bonds. The lowest BCUT2D eigenvalue weighted by molar-refractivity contribution is -0.122. The molecule has 0 saturated carbocycles. The fraction of sp³-hybridized carbons (Fsp3) is 0.500. The molecule has 1 fully saturated rings. The van der Waals surface area contributed by atoms with Crippen LogP contribution in [0.5, 0.6) is 5.75 Å². The lowest BCUT2D eigenvalue weighted by atomic mass is 10.1. The molecule has 0 bridgehead atoms. The summed E-state index contributed by atoms with van der Waals surface area (Å²) in [7, 11) is 0. The molecule has 3 rings (SSSR count). The Morgan fingerprint density at radius 3 is 2.69 bits per heavy atom. The Morgan fingerprint density at radius 1 is 1.27 bits per heavy atom. The van der Waals surface area contributed by atoms with Gasteiger partial charge in [0.25, 0.3) is 0 Å². The zero-order valence-corrected chi connectivity index (χ0v) is 15.4. The first-order chi connectivity index (χ1) is 12.7.